The van der Waals surface area contributed by atoms with Crippen LogP contribution in [-0.4, -0.2) is 85.1 Å². The quantitative estimate of drug-likeness (QED) is 0.387. The molecule has 0 aromatic carbocycles. The lowest BCUT2D eigenvalue weighted by molar-refractivity contribution is 0.0212. The van der Waals surface area contributed by atoms with Crippen LogP contribution in [0.5, 0.6) is 0 Å². The summed E-state index contributed by atoms with van der Waals surface area (Å²) in [6.07, 6.45) is 2.25. The van der Waals surface area contributed by atoms with Gasteiger partial charge in [-0.3, -0.25) is 4.79 Å². The second-order valence-corrected chi connectivity index (χ2v) is 11.4. The smallest absolute Gasteiger partial charge is 0.254 e. The number of anilines is 2. The number of carbonyl (C=O) groups excluding carboxylic acids is 1. The lowest BCUT2D eigenvalue weighted by Crippen LogP contribution is -2.67. The molecule has 0 bridgehead atoms. The van der Waals surface area contributed by atoms with Gasteiger partial charge in [-0.25, -0.2) is 4.98 Å². The molecule has 3 atom stereocenters. The average molecular weight is 392 g/mol. The van der Waals surface area contributed by atoms with Crippen LogP contribution in [0.25, 0.3) is 0 Å². The molecule has 0 radical (unpaired) electrons. The molecule has 1 aromatic rings. The first-order chi connectivity index (χ1) is 12.8. The molecule has 13 heteroatoms. The maximum Gasteiger partial charge on any atom is 0.254 e. The highest BCUT2D eigenvalue weighted by Gasteiger charge is 2.62. The van der Waals surface area contributed by atoms with Crippen molar-refractivity contribution in [2.24, 2.45) is 5.73 Å². The molecule has 1 amide bonds. The molecule has 1 aromatic heterocycles. The fourth-order valence-corrected chi connectivity index (χ4v) is 4.29. The van der Waals surface area contributed by atoms with Crippen LogP contribution in [0.2, 0.25) is 15.7 Å². The highest BCUT2D eigenvalue weighted by Crippen LogP contribution is 2.65. The zero-order chi connectivity index (χ0) is 22.6. The van der Waals surface area contributed by atoms with E-state index >= 15 is 0 Å². The molecular formula is C16H33B6N5O2. The van der Waals surface area contributed by atoms with Gasteiger partial charge in [0.2, 0.25) is 5.95 Å². The Morgan fingerprint density at radius 2 is 1.79 bits per heavy atom. The van der Waals surface area contributed by atoms with E-state index in [1.54, 1.807) is 0 Å². The summed E-state index contributed by atoms with van der Waals surface area (Å²) >= 11 is 0. The van der Waals surface area contributed by atoms with E-state index in [9.17, 15) is 9.90 Å². The minimum atomic E-state index is -0.966. The van der Waals surface area contributed by atoms with E-state index in [1.807, 2.05) is 28.6 Å². The van der Waals surface area contributed by atoms with Crippen LogP contribution in [0.1, 0.15) is 44.5 Å². The first-order valence-corrected chi connectivity index (χ1v) is 10.3. The molecule has 0 spiro atoms. The zero-order valence-corrected chi connectivity index (χ0v) is 19.7. The number of nitrogens with zero attached hydrogens (tertiary/aromatic N) is 2. The second kappa shape index (κ2) is 7.03. The SMILES string of the molecule is BC1(B)CC(Nc2nc(NC(C)(C)C)ncc2C(N)=O)C(B)(B)C(B)(O)C1(B)C. The number of aliphatic hydroxyl groups is 1. The molecule has 1 fully saturated rings. The normalized spacial score (nSPS) is 31.0. The summed E-state index contributed by atoms with van der Waals surface area (Å²) in [6.45, 7) is 8.16. The van der Waals surface area contributed by atoms with Crippen molar-refractivity contribution in [1.29, 1.82) is 0 Å². The maximum absolute atomic E-state index is 12.0. The molecule has 29 heavy (non-hydrogen) atoms. The molecule has 2 rings (SSSR count). The van der Waals surface area contributed by atoms with Gasteiger partial charge in [0.15, 0.2) is 0 Å². The number of hydrogen-bond acceptors (Lipinski definition) is 6. The van der Waals surface area contributed by atoms with Gasteiger partial charge in [-0.2, -0.15) is 4.98 Å². The number of carbonyl (C=O) groups is 1. The van der Waals surface area contributed by atoms with E-state index in [-0.39, 0.29) is 27.7 Å². The van der Waals surface area contributed by atoms with Crippen molar-refractivity contribution < 1.29 is 9.90 Å². The van der Waals surface area contributed by atoms with Crippen LogP contribution in [-0.2, 0) is 0 Å². The van der Waals surface area contributed by atoms with Crippen molar-refractivity contribution in [3.8, 4) is 0 Å². The van der Waals surface area contributed by atoms with Crippen molar-refractivity contribution in [3.05, 3.63) is 11.8 Å². The van der Waals surface area contributed by atoms with Crippen LogP contribution in [0.3, 0.4) is 0 Å². The monoisotopic (exact) mass is 393 g/mol. The number of primary amides is 1. The van der Waals surface area contributed by atoms with Crippen LogP contribution < -0.4 is 16.4 Å². The Balaban J connectivity index is 2.51. The second-order valence-electron chi connectivity index (χ2n) is 11.4. The lowest BCUT2D eigenvalue weighted by Gasteiger charge is -2.66. The van der Waals surface area contributed by atoms with Crippen molar-refractivity contribution >= 4 is 64.8 Å². The summed E-state index contributed by atoms with van der Waals surface area (Å²) in [5.74, 6) is 0.225. The molecule has 0 saturated heterocycles. The van der Waals surface area contributed by atoms with E-state index < -0.39 is 16.6 Å². The average Bonchev–Trinajstić information content (AvgIpc) is 2.50. The van der Waals surface area contributed by atoms with E-state index in [0.29, 0.717) is 11.8 Å². The maximum atomic E-state index is 12.0. The summed E-state index contributed by atoms with van der Waals surface area (Å²) in [4.78, 5) is 20.8. The Morgan fingerprint density at radius 1 is 1.24 bits per heavy atom. The van der Waals surface area contributed by atoms with E-state index in [1.165, 1.54) is 6.20 Å². The van der Waals surface area contributed by atoms with Crippen molar-refractivity contribution in [2.75, 3.05) is 10.6 Å². The van der Waals surface area contributed by atoms with Crippen LogP contribution in [0.15, 0.2) is 6.20 Å². The van der Waals surface area contributed by atoms with Gasteiger partial charge in [-0.05, 0) is 37.7 Å². The molecule has 1 heterocycles. The Bertz CT molecular complexity index is 809. The molecular weight excluding hydrogens is 359 g/mol. The fraction of sp³-hybridized carbons (Fsp3) is 0.688. The van der Waals surface area contributed by atoms with Crippen molar-refractivity contribution in [2.45, 2.75) is 66.9 Å². The number of nitrogens with one attached hydrogen (secondary N) is 2. The summed E-state index contributed by atoms with van der Waals surface area (Å²) in [5, 5.41) is 17.3. The standard InChI is InChI=1S/C16H33B6N5O2/c1-12(2,3)27-11-24-6-7(9(23)28)10(26-11)25-8-5-14(18,19)13(4,17)16(22,29)15(8,20)21/h6,8,29H,5,17-22H2,1-4H3,(H2,23,28)(H2,24,25,26,27). The summed E-state index contributed by atoms with van der Waals surface area (Å²) in [6, 6.07) is -0.129. The van der Waals surface area contributed by atoms with Crippen LogP contribution >= 0.6 is 0 Å². The Labute approximate surface area is 180 Å². The molecule has 3 unspecified atom stereocenters. The third kappa shape index (κ3) is 4.07. The minimum absolute atomic E-state index is 0.129. The summed E-state index contributed by atoms with van der Waals surface area (Å²) < 4.78 is 0. The highest BCUT2D eigenvalue weighted by molar-refractivity contribution is 6.52. The first-order valence-electron chi connectivity index (χ1n) is 10.3. The van der Waals surface area contributed by atoms with E-state index in [2.05, 4.69) is 66.8 Å². The van der Waals surface area contributed by atoms with Crippen molar-refractivity contribution in [1.82, 2.24) is 9.97 Å². The number of hydrogen-bond donors (Lipinski definition) is 4. The summed E-state index contributed by atoms with van der Waals surface area (Å²) in [5.41, 5.74) is 4.63. The zero-order valence-electron chi connectivity index (χ0n) is 19.7. The largest absolute Gasteiger partial charge is 0.400 e. The minimum Gasteiger partial charge on any atom is -0.400 e. The first kappa shape index (κ1) is 23.8. The molecule has 152 valence electrons. The van der Waals surface area contributed by atoms with E-state index in [0.717, 1.165) is 6.42 Å². The van der Waals surface area contributed by atoms with Crippen LogP contribution in [0.4, 0.5) is 11.8 Å². The predicted octanol–water partition coefficient (Wildman–Crippen LogP) is -4.13. The van der Waals surface area contributed by atoms with Gasteiger partial charge in [0.25, 0.3) is 5.91 Å². The topological polar surface area (TPSA) is 113 Å². The molecule has 1 aliphatic rings. The summed E-state index contributed by atoms with van der Waals surface area (Å²) in [7, 11) is 12.5. The van der Waals surface area contributed by atoms with Gasteiger partial charge < -0.3 is 21.5 Å². The third-order valence-electron chi connectivity index (χ3n) is 7.60. The van der Waals surface area contributed by atoms with Gasteiger partial charge in [-0.15, -0.1) is 0 Å². The molecule has 5 N–H and O–H groups in total. The Morgan fingerprint density at radius 3 is 2.28 bits per heavy atom. The van der Waals surface area contributed by atoms with Crippen LogP contribution in [0, 0.1) is 0 Å². The molecule has 1 saturated carbocycles. The van der Waals surface area contributed by atoms with Crippen molar-refractivity contribution in [3.63, 3.8) is 0 Å². The van der Waals surface area contributed by atoms with Gasteiger partial charge in [-0.1, -0.05) is 12.1 Å². The number of aromatic nitrogens is 2. The molecule has 0 aliphatic heterocycles. The Hall–Kier alpha value is -1.50. The van der Waals surface area contributed by atoms with Gasteiger partial charge in [0.05, 0.1) is 21.3 Å². The highest BCUT2D eigenvalue weighted by atomic mass is 16.3. The van der Waals surface area contributed by atoms with E-state index in [4.69, 9.17) is 5.73 Å². The molecule has 7 nitrogen and oxygen atoms in total. The number of nitrogens with two attached hydrogens (primary N) is 1. The Kier molecular flexibility index (Phi) is 5.77. The van der Waals surface area contributed by atoms with Gasteiger partial charge >= 0.3 is 0 Å². The third-order valence-corrected chi connectivity index (χ3v) is 7.60. The van der Waals surface area contributed by atoms with Gasteiger partial charge in [0.1, 0.15) is 37.2 Å². The number of amides is 1. The lowest BCUT2D eigenvalue weighted by atomic mass is 9.18. The van der Waals surface area contributed by atoms with Gasteiger partial charge in [0, 0.05) is 23.3 Å². The predicted molar refractivity (Wildman–Crippen MR) is 136 cm³/mol. The number of rotatable bonds is 4. The fourth-order valence-electron chi connectivity index (χ4n) is 4.29. The molecule has 1 aliphatic carbocycles.